The third-order valence-corrected chi connectivity index (χ3v) is 2.73. The van der Waals surface area contributed by atoms with Gasteiger partial charge in [-0.1, -0.05) is 0 Å². The monoisotopic (exact) mass is 243 g/mol. The maximum atomic E-state index is 11.4. The van der Waals surface area contributed by atoms with Gasteiger partial charge in [-0.3, -0.25) is 4.79 Å². The number of ether oxygens (including phenoxy) is 2. The van der Waals surface area contributed by atoms with Crippen molar-refractivity contribution in [2.24, 2.45) is 0 Å². The standard InChI is InChI=1S/C13H25NO3/c1-12(2,3)17-11(15)6-8-14-10-13(4)7-5-9-16-13/h14H,5-10H2,1-4H3. The van der Waals surface area contributed by atoms with Gasteiger partial charge in [-0.2, -0.15) is 0 Å². The Balaban J connectivity index is 2.10. The van der Waals surface area contributed by atoms with Crippen molar-refractivity contribution in [1.82, 2.24) is 5.32 Å². The molecule has 0 bridgehead atoms. The summed E-state index contributed by atoms with van der Waals surface area (Å²) in [7, 11) is 0. The van der Waals surface area contributed by atoms with Crippen LogP contribution in [-0.2, 0) is 14.3 Å². The minimum Gasteiger partial charge on any atom is -0.460 e. The Hall–Kier alpha value is -0.610. The number of hydrogen-bond acceptors (Lipinski definition) is 4. The van der Waals surface area contributed by atoms with Gasteiger partial charge in [0, 0.05) is 19.7 Å². The fourth-order valence-corrected chi connectivity index (χ4v) is 1.91. The topological polar surface area (TPSA) is 47.6 Å². The maximum Gasteiger partial charge on any atom is 0.307 e. The molecule has 0 aromatic rings. The van der Waals surface area contributed by atoms with E-state index >= 15 is 0 Å². The van der Waals surface area contributed by atoms with E-state index in [-0.39, 0.29) is 11.6 Å². The van der Waals surface area contributed by atoms with Crippen LogP contribution in [0.1, 0.15) is 47.0 Å². The average Bonchev–Trinajstić information content (AvgIpc) is 2.58. The van der Waals surface area contributed by atoms with Gasteiger partial charge in [0.2, 0.25) is 0 Å². The molecule has 0 aromatic heterocycles. The van der Waals surface area contributed by atoms with Crippen molar-refractivity contribution >= 4 is 5.97 Å². The summed E-state index contributed by atoms with van der Waals surface area (Å²) < 4.78 is 10.9. The molecule has 0 spiro atoms. The van der Waals surface area contributed by atoms with Crippen molar-refractivity contribution in [2.45, 2.75) is 58.2 Å². The van der Waals surface area contributed by atoms with Gasteiger partial charge in [-0.25, -0.2) is 0 Å². The van der Waals surface area contributed by atoms with Crippen molar-refractivity contribution in [3.05, 3.63) is 0 Å². The molecule has 0 saturated carbocycles. The van der Waals surface area contributed by atoms with E-state index in [2.05, 4.69) is 12.2 Å². The third-order valence-electron chi connectivity index (χ3n) is 2.73. The van der Waals surface area contributed by atoms with Gasteiger partial charge in [0.15, 0.2) is 0 Å². The third kappa shape index (κ3) is 6.03. The molecule has 1 heterocycles. The first-order valence-electron chi connectivity index (χ1n) is 6.37. The van der Waals surface area contributed by atoms with E-state index in [1.54, 1.807) is 0 Å². The highest BCUT2D eigenvalue weighted by molar-refractivity contribution is 5.70. The van der Waals surface area contributed by atoms with E-state index in [4.69, 9.17) is 9.47 Å². The van der Waals surface area contributed by atoms with Crippen LogP contribution in [-0.4, -0.2) is 36.9 Å². The summed E-state index contributed by atoms with van der Waals surface area (Å²) in [6, 6.07) is 0. The highest BCUT2D eigenvalue weighted by Crippen LogP contribution is 2.23. The molecule has 1 aliphatic rings. The number of hydrogen-bond donors (Lipinski definition) is 1. The second-order valence-corrected chi connectivity index (χ2v) is 5.92. The fraction of sp³-hybridized carbons (Fsp3) is 0.923. The Labute approximate surface area is 104 Å². The predicted molar refractivity (Wildman–Crippen MR) is 66.9 cm³/mol. The number of nitrogens with one attached hydrogen (secondary N) is 1. The molecule has 1 fully saturated rings. The summed E-state index contributed by atoms with van der Waals surface area (Å²) in [5.41, 5.74) is -0.439. The van der Waals surface area contributed by atoms with Crippen LogP contribution in [0, 0.1) is 0 Å². The van der Waals surface area contributed by atoms with Crippen molar-refractivity contribution < 1.29 is 14.3 Å². The largest absolute Gasteiger partial charge is 0.460 e. The SMILES string of the molecule is CC(C)(C)OC(=O)CCNCC1(C)CCCO1. The molecule has 17 heavy (non-hydrogen) atoms. The lowest BCUT2D eigenvalue weighted by Gasteiger charge is -2.24. The van der Waals surface area contributed by atoms with Crippen LogP contribution >= 0.6 is 0 Å². The van der Waals surface area contributed by atoms with E-state index in [1.807, 2.05) is 20.8 Å². The maximum absolute atomic E-state index is 11.4. The highest BCUT2D eigenvalue weighted by atomic mass is 16.6. The molecule has 0 aromatic carbocycles. The van der Waals surface area contributed by atoms with Crippen LogP contribution in [0.2, 0.25) is 0 Å². The van der Waals surface area contributed by atoms with Crippen LogP contribution in [0.3, 0.4) is 0 Å². The lowest BCUT2D eigenvalue weighted by atomic mass is 10.0. The van der Waals surface area contributed by atoms with E-state index in [9.17, 15) is 4.79 Å². The van der Waals surface area contributed by atoms with Crippen molar-refractivity contribution in [2.75, 3.05) is 19.7 Å². The van der Waals surface area contributed by atoms with E-state index < -0.39 is 5.60 Å². The summed E-state index contributed by atoms with van der Waals surface area (Å²) in [5, 5.41) is 3.26. The van der Waals surface area contributed by atoms with E-state index in [0.29, 0.717) is 13.0 Å². The summed E-state index contributed by atoms with van der Waals surface area (Å²) in [5.74, 6) is -0.150. The smallest absolute Gasteiger partial charge is 0.307 e. The second kappa shape index (κ2) is 5.83. The molecular formula is C13H25NO3. The first-order valence-corrected chi connectivity index (χ1v) is 6.37. The van der Waals surface area contributed by atoms with Gasteiger partial charge >= 0.3 is 5.97 Å². The minimum atomic E-state index is -0.391. The van der Waals surface area contributed by atoms with Crippen LogP contribution in [0.4, 0.5) is 0 Å². The molecule has 1 rings (SSSR count). The Morgan fingerprint density at radius 1 is 1.47 bits per heavy atom. The normalized spacial score (nSPS) is 24.9. The summed E-state index contributed by atoms with van der Waals surface area (Å²) in [4.78, 5) is 11.4. The zero-order valence-electron chi connectivity index (χ0n) is 11.5. The van der Waals surface area contributed by atoms with Crippen LogP contribution in [0.5, 0.6) is 0 Å². The summed E-state index contributed by atoms with van der Waals surface area (Å²) in [6.07, 6.45) is 2.63. The average molecular weight is 243 g/mol. The quantitative estimate of drug-likeness (QED) is 0.591. The number of esters is 1. The van der Waals surface area contributed by atoms with Crippen LogP contribution in [0.25, 0.3) is 0 Å². The number of carbonyl (C=O) groups excluding carboxylic acids is 1. The Bertz CT molecular complexity index is 252. The molecule has 1 aliphatic heterocycles. The molecule has 0 radical (unpaired) electrons. The first kappa shape index (κ1) is 14.5. The molecule has 1 atom stereocenters. The zero-order chi connectivity index (χ0) is 12.9. The molecule has 0 aliphatic carbocycles. The van der Waals surface area contributed by atoms with E-state index in [1.165, 1.54) is 0 Å². The fourth-order valence-electron chi connectivity index (χ4n) is 1.91. The Morgan fingerprint density at radius 3 is 2.71 bits per heavy atom. The zero-order valence-corrected chi connectivity index (χ0v) is 11.5. The second-order valence-electron chi connectivity index (χ2n) is 5.92. The minimum absolute atomic E-state index is 0.0477. The van der Waals surface area contributed by atoms with Crippen LogP contribution in [0.15, 0.2) is 0 Å². The molecule has 0 amide bonds. The van der Waals surface area contributed by atoms with Gasteiger partial charge in [-0.05, 0) is 40.5 Å². The first-order chi connectivity index (χ1) is 7.81. The lowest BCUT2D eigenvalue weighted by Crippen LogP contribution is -2.38. The molecule has 4 nitrogen and oxygen atoms in total. The van der Waals surface area contributed by atoms with Gasteiger partial charge in [-0.15, -0.1) is 0 Å². The number of carbonyl (C=O) groups is 1. The highest BCUT2D eigenvalue weighted by Gasteiger charge is 2.29. The lowest BCUT2D eigenvalue weighted by molar-refractivity contribution is -0.154. The van der Waals surface area contributed by atoms with Gasteiger partial charge in [0.1, 0.15) is 5.60 Å². The van der Waals surface area contributed by atoms with Gasteiger partial charge in [0.05, 0.1) is 12.0 Å². The Morgan fingerprint density at radius 2 is 2.18 bits per heavy atom. The molecule has 4 heteroatoms. The van der Waals surface area contributed by atoms with Crippen LogP contribution < -0.4 is 5.32 Å². The molecule has 1 N–H and O–H groups in total. The summed E-state index contributed by atoms with van der Waals surface area (Å²) >= 11 is 0. The van der Waals surface area contributed by atoms with Gasteiger partial charge in [0.25, 0.3) is 0 Å². The van der Waals surface area contributed by atoms with Crippen molar-refractivity contribution in [3.63, 3.8) is 0 Å². The van der Waals surface area contributed by atoms with Crippen molar-refractivity contribution in [1.29, 1.82) is 0 Å². The van der Waals surface area contributed by atoms with Gasteiger partial charge < -0.3 is 14.8 Å². The molecule has 1 unspecified atom stereocenters. The van der Waals surface area contributed by atoms with Crippen molar-refractivity contribution in [3.8, 4) is 0 Å². The van der Waals surface area contributed by atoms with E-state index in [0.717, 1.165) is 26.0 Å². The summed E-state index contributed by atoms with van der Waals surface area (Å²) in [6.45, 7) is 10.1. The Kier molecular flexibility index (Phi) is 4.95. The molecular weight excluding hydrogens is 218 g/mol. The molecule has 100 valence electrons. The molecule has 1 saturated heterocycles. The number of rotatable bonds is 5. The predicted octanol–water partition coefficient (Wildman–Crippen LogP) is 1.88.